The molecule has 1 aromatic heterocycles. The zero-order valence-corrected chi connectivity index (χ0v) is 13.8. The second kappa shape index (κ2) is 6.62. The highest BCUT2D eigenvalue weighted by Gasteiger charge is 2.32. The number of carbonyl (C=O) groups excluding carboxylic acids is 1. The fourth-order valence-corrected chi connectivity index (χ4v) is 2.94. The van der Waals surface area contributed by atoms with Crippen LogP contribution in [-0.2, 0) is 9.53 Å². The number of nitrogens with zero attached hydrogens (tertiary/aromatic N) is 1. The predicted molar refractivity (Wildman–Crippen MR) is 86.9 cm³/mol. The minimum atomic E-state index is -0.299. The van der Waals surface area contributed by atoms with Gasteiger partial charge in [-0.25, -0.2) is 4.98 Å². The van der Waals surface area contributed by atoms with E-state index in [0.29, 0.717) is 25.5 Å². The van der Waals surface area contributed by atoms with Gasteiger partial charge in [-0.3, -0.25) is 4.79 Å². The monoisotopic (exact) mass is 364 g/mol. The van der Waals surface area contributed by atoms with E-state index in [1.807, 2.05) is 24.3 Å². The molecule has 6 heteroatoms. The zero-order valence-electron chi connectivity index (χ0n) is 12.2. The molecule has 0 saturated carbocycles. The van der Waals surface area contributed by atoms with E-state index in [-0.39, 0.29) is 18.1 Å². The van der Waals surface area contributed by atoms with Gasteiger partial charge in [-0.15, -0.1) is 0 Å². The molecule has 22 heavy (non-hydrogen) atoms. The fourth-order valence-electron chi connectivity index (χ4n) is 2.58. The summed E-state index contributed by atoms with van der Waals surface area (Å²) in [6.07, 6.45) is 2.23. The highest BCUT2D eigenvalue weighted by molar-refractivity contribution is 9.10. The Bertz CT molecular complexity index is 692. The minimum Gasteiger partial charge on any atom is -0.472 e. The molecule has 116 valence electrons. The van der Waals surface area contributed by atoms with Crippen LogP contribution >= 0.6 is 15.9 Å². The average Bonchev–Trinajstić information content (AvgIpc) is 2.97. The molecule has 1 fully saturated rings. The van der Waals surface area contributed by atoms with Crippen LogP contribution in [0.1, 0.15) is 13.3 Å². The van der Waals surface area contributed by atoms with E-state index < -0.39 is 0 Å². The van der Waals surface area contributed by atoms with Gasteiger partial charge in [-0.1, -0.05) is 22.0 Å². The number of hydrogen-bond donors (Lipinski definition) is 1. The fraction of sp³-hybridized carbons (Fsp3) is 0.375. The highest BCUT2D eigenvalue weighted by Crippen LogP contribution is 2.28. The molecule has 3 rings (SSSR count). The van der Waals surface area contributed by atoms with Crippen molar-refractivity contribution in [3.05, 3.63) is 34.9 Å². The quantitative estimate of drug-likeness (QED) is 0.845. The lowest BCUT2D eigenvalue weighted by molar-refractivity contribution is -0.145. The van der Waals surface area contributed by atoms with E-state index in [1.165, 1.54) is 0 Å². The maximum atomic E-state index is 11.7. The molecule has 0 bridgehead atoms. The van der Waals surface area contributed by atoms with E-state index in [1.54, 1.807) is 13.1 Å². The molecule has 1 saturated heterocycles. The van der Waals surface area contributed by atoms with Crippen LogP contribution in [0.3, 0.4) is 0 Å². The third kappa shape index (κ3) is 3.23. The van der Waals surface area contributed by atoms with Gasteiger partial charge >= 0.3 is 5.97 Å². The van der Waals surface area contributed by atoms with Crippen LogP contribution in [0, 0.1) is 0 Å². The molecule has 1 aliphatic rings. The van der Waals surface area contributed by atoms with Gasteiger partial charge in [0.15, 0.2) is 0 Å². The van der Waals surface area contributed by atoms with Gasteiger partial charge in [0, 0.05) is 29.0 Å². The Balaban J connectivity index is 1.74. The first kappa shape index (κ1) is 15.2. The van der Waals surface area contributed by atoms with Crippen molar-refractivity contribution in [1.82, 2.24) is 10.3 Å². The van der Waals surface area contributed by atoms with Gasteiger partial charge in [-0.05, 0) is 30.5 Å². The first-order valence-electron chi connectivity index (χ1n) is 7.28. The van der Waals surface area contributed by atoms with Crippen LogP contribution in [0.2, 0.25) is 0 Å². The van der Waals surface area contributed by atoms with Crippen LogP contribution in [0.4, 0.5) is 0 Å². The Kier molecular flexibility index (Phi) is 4.59. The summed E-state index contributed by atoms with van der Waals surface area (Å²) in [5.74, 6) is 0.373. The number of halogens is 1. The van der Waals surface area contributed by atoms with Crippen molar-refractivity contribution < 1.29 is 14.3 Å². The molecular formula is C16H17BrN2O3. The van der Waals surface area contributed by atoms with Crippen molar-refractivity contribution in [3.8, 4) is 5.88 Å². The third-order valence-electron chi connectivity index (χ3n) is 3.63. The number of pyridine rings is 1. The van der Waals surface area contributed by atoms with Crippen molar-refractivity contribution in [1.29, 1.82) is 0 Å². The van der Waals surface area contributed by atoms with Gasteiger partial charge in [0.05, 0.1) is 6.61 Å². The van der Waals surface area contributed by atoms with E-state index in [2.05, 4.69) is 26.2 Å². The zero-order chi connectivity index (χ0) is 15.5. The molecule has 0 amide bonds. The molecule has 2 aromatic rings. The standard InChI is InChI=1S/C16H17BrN2O3/c1-2-21-16(20)14-8-12(9-19-14)22-15-13-7-11(17)4-3-10(13)5-6-18-15/h3-7,12,14,19H,2,8-9H2,1H3/t12-,14+/m1/s1. The van der Waals surface area contributed by atoms with Crippen molar-refractivity contribution in [3.63, 3.8) is 0 Å². The summed E-state index contributed by atoms with van der Waals surface area (Å²) in [5.41, 5.74) is 0. The summed E-state index contributed by atoms with van der Waals surface area (Å²) in [7, 11) is 0. The second-order valence-corrected chi connectivity index (χ2v) is 6.09. The first-order valence-corrected chi connectivity index (χ1v) is 8.07. The smallest absolute Gasteiger partial charge is 0.323 e. The topological polar surface area (TPSA) is 60.5 Å². The maximum absolute atomic E-state index is 11.7. The summed E-state index contributed by atoms with van der Waals surface area (Å²) < 4.78 is 12.0. The first-order chi connectivity index (χ1) is 10.7. The minimum absolute atomic E-state index is 0.0912. The lowest BCUT2D eigenvalue weighted by Gasteiger charge is -2.14. The molecule has 1 aliphatic heterocycles. The van der Waals surface area contributed by atoms with Crippen molar-refractivity contribution in [2.45, 2.75) is 25.5 Å². The van der Waals surface area contributed by atoms with Gasteiger partial charge in [0.1, 0.15) is 12.1 Å². The van der Waals surface area contributed by atoms with Crippen LogP contribution in [-0.4, -0.2) is 36.3 Å². The van der Waals surface area contributed by atoms with Crippen molar-refractivity contribution in [2.75, 3.05) is 13.2 Å². The van der Waals surface area contributed by atoms with E-state index in [0.717, 1.165) is 15.2 Å². The summed E-state index contributed by atoms with van der Waals surface area (Å²) in [5, 5.41) is 5.16. The molecular weight excluding hydrogens is 348 g/mol. The Morgan fingerprint density at radius 3 is 3.14 bits per heavy atom. The molecule has 0 unspecified atom stereocenters. The average molecular weight is 365 g/mol. The highest BCUT2D eigenvalue weighted by atomic mass is 79.9. The van der Waals surface area contributed by atoms with Gasteiger partial charge in [0.25, 0.3) is 0 Å². The van der Waals surface area contributed by atoms with Crippen LogP contribution in [0.15, 0.2) is 34.9 Å². The molecule has 1 aromatic carbocycles. The van der Waals surface area contributed by atoms with E-state index in [9.17, 15) is 4.79 Å². The number of hydrogen-bond acceptors (Lipinski definition) is 5. The number of nitrogens with one attached hydrogen (secondary N) is 1. The number of aromatic nitrogens is 1. The lowest BCUT2D eigenvalue weighted by Crippen LogP contribution is -2.32. The van der Waals surface area contributed by atoms with Gasteiger partial charge < -0.3 is 14.8 Å². The predicted octanol–water partition coefficient (Wildman–Crippen LogP) is 2.67. The molecule has 0 aliphatic carbocycles. The Labute approximate surface area is 137 Å². The van der Waals surface area contributed by atoms with Crippen LogP contribution < -0.4 is 10.1 Å². The van der Waals surface area contributed by atoms with E-state index in [4.69, 9.17) is 9.47 Å². The molecule has 0 spiro atoms. The third-order valence-corrected chi connectivity index (χ3v) is 4.12. The lowest BCUT2D eigenvalue weighted by atomic mass is 10.1. The molecule has 5 nitrogen and oxygen atoms in total. The Morgan fingerprint density at radius 2 is 2.32 bits per heavy atom. The van der Waals surface area contributed by atoms with Crippen LogP contribution in [0.25, 0.3) is 10.8 Å². The number of fused-ring (bicyclic) bond motifs is 1. The summed E-state index contributed by atoms with van der Waals surface area (Å²) in [6, 6.07) is 7.64. The van der Waals surface area contributed by atoms with Crippen LogP contribution in [0.5, 0.6) is 5.88 Å². The number of esters is 1. The number of ether oxygens (including phenoxy) is 2. The van der Waals surface area contributed by atoms with Gasteiger partial charge in [-0.2, -0.15) is 0 Å². The molecule has 1 N–H and O–H groups in total. The number of rotatable bonds is 4. The Hall–Kier alpha value is -1.66. The van der Waals surface area contributed by atoms with Gasteiger partial charge in [0.2, 0.25) is 5.88 Å². The summed E-state index contributed by atoms with van der Waals surface area (Å²) >= 11 is 3.47. The normalized spacial score (nSPS) is 21.0. The van der Waals surface area contributed by atoms with Crippen molar-refractivity contribution in [2.24, 2.45) is 0 Å². The molecule has 0 radical (unpaired) electrons. The largest absolute Gasteiger partial charge is 0.472 e. The van der Waals surface area contributed by atoms with E-state index >= 15 is 0 Å². The number of benzene rings is 1. The Morgan fingerprint density at radius 1 is 1.45 bits per heavy atom. The SMILES string of the molecule is CCOC(=O)[C@@H]1C[C@@H](Oc2nccc3ccc(Br)cc23)CN1. The maximum Gasteiger partial charge on any atom is 0.323 e. The molecule has 2 atom stereocenters. The number of carbonyl (C=O) groups is 1. The second-order valence-electron chi connectivity index (χ2n) is 5.17. The summed E-state index contributed by atoms with van der Waals surface area (Å²) in [6.45, 7) is 2.80. The summed E-state index contributed by atoms with van der Waals surface area (Å²) in [4.78, 5) is 16.1. The van der Waals surface area contributed by atoms with Crippen molar-refractivity contribution >= 4 is 32.7 Å². The molecule has 2 heterocycles.